The van der Waals surface area contributed by atoms with Crippen molar-refractivity contribution in [3.63, 3.8) is 0 Å². The van der Waals surface area contributed by atoms with Crippen molar-refractivity contribution in [2.24, 2.45) is 5.92 Å². The van der Waals surface area contributed by atoms with E-state index in [0.29, 0.717) is 28.6 Å². The van der Waals surface area contributed by atoms with Crippen molar-refractivity contribution < 1.29 is 9.59 Å². The van der Waals surface area contributed by atoms with Crippen LogP contribution >= 0.6 is 0 Å². The van der Waals surface area contributed by atoms with Crippen LogP contribution < -0.4 is 16.2 Å². The molecule has 30 heavy (non-hydrogen) atoms. The maximum atomic E-state index is 13.1. The molecule has 1 heterocycles. The number of amides is 2. The summed E-state index contributed by atoms with van der Waals surface area (Å²) in [4.78, 5) is 38.1. The number of nitrogens with zero attached hydrogens (tertiary/aromatic N) is 2. The third-order valence-corrected chi connectivity index (χ3v) is 4.92. The average Bonchev–Trinajstić information content (AvgIpc) is 3.54. The Morgan fingerprint density at radius 2 is 1.80 bits per heavy atom. The second-order valence-corrected chi connectivity index (χ2v) is 8.06. The lowest BCUT2D eigenvalue weighted by molar-refractivity contribution is 0.0949. The van der Waals surface area contributed by atoms with E-state index in [2.05, 4.69) is 15.7 Å². The van der Waals surface area contributed by atoms with Crippen LogP contribution in [0.25, 0.3) is 10.8 Å². The van der Waals surface area contributed by atoms with Gasteiger partial charge < -0.3 is 10.6 Å². The smallest absolute Gasteiger partial charge is 0.276 e. The summed E-state index contributed by atoms with van der Waals surface area (Å²) in [5.41, 5.74) is 0.950. The lowest BCUT2D eigenvalue weighted by Crippen LogP contribution is -2.29. The number of rotatable bonds is 6. The Kier molecular flexibility index (Phi) is 5.35. The number of anilines is 1. The van der Waals surface area contributed by atoms with Crippen LogP contribution in [0.4, 0.5) is 5.69 Å². The normalized spacial score (nSPS) is 13.4. The molecule has 2 N–H and O–H groups in total. The molecule has 4 rings (SSSR count). The monoisotopic (exact) mass is 404 g/mol. The molecule has 154 valence electrons. The molecule has 2 aromatic carbocycles. The van der Waals surface area contributed by atoms with E-state index in [1.165, 1.54) is 4.68 Å². The fourth-order valence-electron chi connectivity index (χ4n) is 3.30. The molecule has 2 amide bonds. The van der Waals surface area contributed by atoms with Crippen LogP contribution in [0.1, 0.15) is 47.5 Å². The summed E-state index contributed by atoms with van der Waals surface area (Å²) in [6.07, 6.45) is 2.01. The van der Waals surface area contributed by atoms with Gasteiger partial charge in [0.2, 0.25) is 0 Å². The summed E-state index contributed by atoms with van der Waals surface area (Å²) in [7, 11) is 0. The number of hydrogen-bond donors (Lipinski definition) is 2. The number of carbonyl (C=O) groups excluding carboxylic acids is 2. The molecule has 0 radical (unpaired) electrons. The Hall–Kier alpha value is -3.48. The molecule has 3 aromatic rings. The highest BCUT2D eigenvalue weighted by molar-refractivity contribution is 6.11. The molecule has 0 unspecified atom stereocenters. The summed E-state index contributed by atoms with van der Waals surface area (Å²) in [6.45, 7) is 4.39. The van der Waals surface area contributed by atoms with E-state index in [1.54, 1.807) is 48.5 Å². The van der Waals surface area contributed by atoms with Crippen molar-refractivity contribution in [1.29, 1.82) is 0 Å². The summed E-state index contributed by atoms with van der Waals surface area (Å²) in [5.74, 6) is -0.375. The molecule has 0 spiro atoms. The molecule has 0 aliphatic heterocycles. The molecule has 1 aliphatic rings. The number of aromatic nitrogens is 2. The first kappa shape index (κ1) is 19.8. The van der Waals surface area contributed by atoms with Crippen molar-refractivity contribution in [2.45, 2.75) is 39.3 Å². The Balaban J connectivity index is 1.65. The van der Waals surface area contributed by atoms with E-state index in [9.17, 15) is 14.4 Å². The Labute approximate surface area is 174 Å². The third-order valence-electron chi connectivity index (χ3n) is 4.92. The van der Waals surface area contributed by atoms with Gasteiger partial charge in [0.15, 0.2) is 5.69 Å². The van der Waals surface area contributed by atoms with Crippen molar-refractivity contribution in [3.05, 3.63) is 70.1 Å². The molecular formula is C23H24N4O3. The van der Waals surface area contributed by atoms with Crippen molar-refractivity contribution >= 4 is 28.3 Å². The van der Waals surface area contributed by atoms with Crippen LogP contribution in [0.3, 0.4) is 0 Å². The average molecular weight is 404 g/mol. The standard InChI is InChI=1S/C23H24N4O3/c1-14(2)13-27-23(30)19-9-4-3-8-18(19)20(26-27)22(29)25-17-7-5-6-15(12-17)21(28)24-16-10-11-16/h3-9,12,14,16H,10-11,13H2,1-2H3,(H,24,28)(H,25,29). The summed E-state index contributed by atoms with van der Waals surface area (Å²) >= 11 is 0. The second-order valence-electron chi connectivity index (χ2n) is 8.06. The van der Waals surface area contributed by atoms with E-state index in [1.807, 2.05) is 13.8 Å². The van der Waals surface area contributed by atoms with E-state index in [0.717, 1.165) is 12.8 Å². The third kappa shape index (κ3) is 4.25. The second kappa shape index (κ2) is 8.10. The Morgan fingerprint density at radius 1 is 1.07 bits per heavy atom. The van der Waals surface area contributed by atoms with Gasteiger partial charge in [-0.05, 0) is 43.0 Å². The summed E-state index contributed by atoms with van der Waals surface area (Å²) in [6, 6.07) is 14.0. The van der Waals surface area contributed by atoms with Gasteiger partial charge in [-0.15, -0.1) is 0 Å². The van der Waals surface area contributed by atoms with E-state index in [4.69, 9.17) is 0 Å². The number of fused-ring (bicyclic) bond motifs is 1. The van der Waals surface area contributed by atoms with Gasteiger partial charge in [0, 0.05) is 29.2 Å². The summed E-state index contributed by atoms with van der Waals surface area (Å²) < 4.78 is 1.35. The van der Waals surface area contributed by atoms with Crippen LogP contribution in [0.15, 0.2) is 53.3 Å². The SMILES string of the molecule is CC(C)Cn1nc(C(=O)Nc2cccc(C(=O)NC3CC3)c2)c2ccccc2c1=O. The maximum Gasteiger partial charge on any atom is 0.276 e. The first-order valence-corrected chi connectivity index (χ1v) is 10.1. The number of benzene rings is 2. The van der Waals surface area contributed by atoms with Crippen molar-refractivity contribution in [2.75, 3.05) is 5.32 Å². The maximum absolute atomic E-state index is 13.1. The first-order valence-electron chi connectivity index (χ1n) is 10.1. The van der Waals surface area contributed by atoms with E-state index < -0.39 is 5.91 Å². The Bertz CT molecular complexity index is 1180. The van der Waals surface area contributed by atoms with Crippen LogP contribution in [-0.4, -0.2) is 27.6 Å². The van der Waals surface area contributed by atoms with Gasteiger partial charge in [0.25, 0.3) is 17.4 Å². The van der Waals surface area contributed by atoms with Gasteiger partial charge in [-0.25, -0.2) is 4.68 Å². The highest BCUT2D eigenvalue weighted by Gasteiger charge is 2.24. The number of nitrogens with one attached hydrogen (secondary N) is 2. The molecule has 7 nitrogen and oxygen atoms in total. The predicted octanol–water partition coefficient (Wildman–Crippen LogP) is 3.20. The van der Waals surface area contributed by atoms with Gasteiger partial charge in [0.1, 0.15) is 0 Å². The zero-order valence-corrected chi connectivity index (χ0v) is 17.0. The zero-order valence-electron chi connectivity index (χ0n) is 17.0. The van der Waals surface area contributed by atoms with E-state index >= 15 is 0 Å². The summed E-state index contributed by atoms with van der Waals surface area (Å²) in [5, 5.41) is 11.1. The number of carbonyl (C=O) groups is 2. The lowest BCUT2D eigenvalue weighted by atomic mass is 10.1. The molecule has 1 aromatic heterocycles. The minimum absolute atomic E-state index is 0.150. The largest absolute Gasteiger partial charge is 0.349 e. The van der Waals surface area contributed by atoms with Crippen LogP contribution in [0.5, 0.6) is 0 Å². The molecule has 1 saturated carbocycles. The van der Waals surface area contributed by atoms with Crippen LogP contribution in [-0.2, 0) is 6.54 Å². The molecule has 1 fully saturated rings. The van der Waals surface area contributed by atoms with Crippen molar-refractivity contribution in [1.82, 2.24) is 15.1 Å². The quantitative estimate of drug-likeness (QED) is 0.660. The van der Waals surface area contributed by atoms with Crippen LogP contribution in [0.2, 0.25) is 0 Å². The first-order chi connectivity index (χ1) is 14.4. The zero-order chi connectivity index (χ0) is 21.3. The van der Waals surface area contributed by atoms with Gasteiger partial charge in [-0.2, -0.15) is 5.10 Å². The van der Waals surface area contributed by atoms with Gasteiger partial charge in [-0.3, -0.25) is 14.4 Å². The molecule has 1 aliphatic carbocycles. The molecule has 0 atom stereocenters. The molecule has 0 bridgehead atoms. The molecular weight excluding hydrogens is 380 g/mol. The molecule has 7 heteroatoms. The minimum Gasteiger partial charge on any atom is -0.349 e. The van der Waals surface area contributed by atoms with E-state index in [-0.39, 0.29) is 29.1 Å². The fourth-order valence-corrected chi connectivity index (χ4v) is 3.30. The predicted molar refractivity (Wildman–Crippen MR) is 116 cm³/mol. The fraction of sp³-hybridized carbons (Fsp3) is 0.304. The van der Waals surface area contributed by atoms with Crippen LogP contribution in [0, 0.1) is 5.92 Å². The van der Waals surface area contributed by atoms with Crippen molar-refractivity contribution in [3.8, 4) is 0 Å². The highest BCUT2D eigenvalue weighted by Crippen LogP contribution is 2.20. The highest BCUT2D eigenvalue weighted by atomic mass is 16.2. The minimum atomic E-state index is -0.427. The topological polar surface area (TPSA) is 93.1 Å². The lowest BCUT2D eigenvalue weighted by Gasteiger charge is -2.13. The van der Waals surface area contributed by atoms with Gasteiger partial charge >= 0.3 is 0 Å². The Morgan fingerprint density at radius 3 is 2.50 bits per heavy atom. The van der Waals surface area contributed by atoms with Gasteiger partial charge in [0.05, 0.1) is 5.39 Å². The molecule has 0 saturated heterocycles. The van der Waals surface area contributed by atoms with Gasteiger partial charge in [-0.1, -0.05) is 38.1 Å². The number of hydrogen-bond acceptors (Lipinski definition) is 4.